The second kappa shape index (κ2) is 7.72. The van der Waals surface area contributed by atoms with E-state index < -0.39 is 10.0 Å². The first-order chi connectivity index (χ1) is 12.0. The smallest absolute Gasteiger partial charge is 0.277 e. The molecule has 1 aromatic rings. The van der Waals surface area contributed by atoms with E-state index in [4.69, 9.17) is 4.74 Å². The second-order valence-electron chi connectivity index (χ2n) is 6.59. The van der Waals surface area contributed by atoms with Crippen molar-refractivity contribution >= 4 is 15.9 Å². The summed E-state index contributed by atoms with van der Waals surface area (Å²) in [5.41, 5.74) is 0. The lowest BCUT2D eigenvalue weighted by Crippen LogP contribution is -3.11. The van der Waals surface area contributed by atoms with Gasteiger partial charge in [-0.1, -0.05) is 0 Å². The van der Waals surface area contributed by atoms with Gasteiger partial charge in [-0.3, -0.25) is 4.79 Å². The standard InChI is InChI=1S/C17H25N3O4S/c1-24-15-4-6-16(7-5-15)25(22,23)20-12-10-19(11-13-20)17(21)14-18-8-2-3-9-18/h4-7H,2-3,8-14H2,1H3/p+1. The predicted molar refractivity (Wildman–Crippen MR) is 93.1 cm³/mol. The number of methoxy groups -OCH3 is 1. The Balaban J connectivity index is 1.57. The van der Waals surface area contributed by atoms with E-state index in [-0.39, 0.29) is 10.8 Å². The van der Waals surface area contributed by atoms with E-state index in [1.54, 1.807) is 36.3 Å². The number of carbonyl (C=O) groups excluding carboxylic acids is 1. The van der Waals surface area contributed by atoms with Crippen molar-refractivity contribution in [2.45, 2.75) is 17.7 Å². The summed E-state index contributed by atoms with van der Waals surface area (Å²) in [5.74, 6) is 0.761. The number of likely N-dealkylation sites (tertiary alicyclic amines) is 1. The fraction of sp³-hybridized carbons (Fsp3) is 0.588. The van der Waals surface area contributed by atoms with Gasteiger partial charge in [0.1, 0.15) is 5.75 Å². The number of nitrogens with one attached hydrogen (secondary N) is 1. The Kier molecular flexibility index (Phi) is 5.61. The quantitative estimate of drug-likeness (QED) is 0.739. The van der Waals surface area contributed by atoms with E-state index in [9.17, 15) is 13.2 Å². The number of amides is 1. The minimum Gasteiger partial charge on any atom is -0.497 e. The summed E-state index contributed by atoms with van der Waals surface area (Å²) in [6.07, 6.45) is 2.38. The Bertz CT molecular complexity index is 691. The zero-order valence-corrected chi connectivity index (χ0v) is 15.4. The topological polar surface area (TPSA) is 71.4 Å². The van der Waals surface area contributed by atoms with E-state index in [2.05, 4.69) is 0 Å². The highest BCUT2D eigenvalue weighted by atomic mass is 32.2. The summed E-state index contributed by atoms with van der Waals surface area (Å²) in [7, 11) is -1.98. The van der Waals surface area contributed by atoms with Crippen molar-refractivity contribution in [1.29, 1.82) is 0 Å². The maximum absolute atomic E-state index is 12.7. The van der Waals surface area contributed by atoms with E-state index >= 15 is 0 Å². The number of hydrogen-bond acceptors (Lipinski definition) is 4. The maximum Gasteiger partial charge on any atom is 0.277 e. The highest BCUT2D eigenvalue weighted by Crippen LogP contribution is 2.20. The summed E-state index contributed by atoms with van der Waals surface area (Å²) >= 11 is 0. The van der Waals surface area contributed by atoms with Gasteiger partial charge in [-0.15, -0.1) is 0 Å². The number of quaternary nitrogens is 1. The first kappa shape index (κ1) is 18.2. The number of nitrogens with zero attached hydrogens (tertiary/aromatic N) is 2. The average molecular weight is 368 g/mol. The lowest BCUT2D eigenvalue weighted by atomic mass is 10.3. The normalized spacial score (nSPS) is 20.0. The minimum absolute atomic E-state index is 0.137. The molecule has 0 unspecified atom stereocenters. The number of sulfonamides is 1. The molecule has 3 rings (SSSR count). The van der Waals surface area contributed by atoms with Crippen molar-refractivity contribution in [2.75, 3.05) is 52.9 Å². The SMILES string of the molecule is COc1ccc(S(=O)(=O)N2CCN(C(=O)C[NH+]3CCCC3)CC2)cc1. The largest absolute Gasteiger partial charge is 0.497 e. The third kappa shape index (κ3) is 4.13. The number of ether oxygens (including phenoxy) is 1. The molecule has 0 aliphatic carbocycles. The number of rotatable bonds is 5. The number of benzene rings is 1. The number of hydrogen-bond donors (Lipinski definition) is 1. The van der Waals surface area contributed by atoms with E-state index in [1.807, 2.05) is 0 Å². The number of carbonyl (C=O) groups is 1. The molecular formula is C17H26N3O4S+. The van der Waals surface area contributed by atoms with Gasteiger partial charge in [-0.25, -0.2) is 8.42 Å². The average Bonchev–Trinajstić information content (AvgIpc) is 3.15. The van der Waals surface area contributed by atoms with Gasteiger partial charge in [0.2, 0.25) is 10.0 Å². The second-order valence-corrected chi connectivity index (χ2v) is 8.53. The predicted octanol–water partition coefficient (Wildman–Crippen LogP) is -0.793. The van der Waals surface area contributed by atoms with Crippen LogP contribution in [0.3, 0.4) is 0 Å². The van der Waals surface area contributed by atoms with Gasteiger partial charge in [-0.05, 0) is 24.3 Å². The molecule has 0 radical (unpaired) electrons. The maximum atomic E-state index is 12.7. The Hall–Kier alpha value is -1.64. The van der Waals surface area contributed by atoms with E-state index in [0.717, 1.165) is 13.1 Å². The molecule has 1 amide bonds. The molecule has 2 fully saturated rings. The van der Waals surface area contributed by atoms with Gasteiger partial charge in [0.25, 0.3) is 5.91 Å². The summed E-state index contributed by atoms with van der Waals surface area (Å²) in [6.45, 7) is 4.27. The molecule has 2 aliphatic heterocycles. The Morgan fingerprint density at radius 3 is 2.24 bits per heavy atom. The van der Waals surface area contributed by atoms with Gasteiger partial charge < -0.3 is 14.5 Å². The van der Waals surface area contributed by atoms with Crippen LogP contribution in [-0.4, -0.2) is 76.5 Å². The molecule has 8 heteroatoms. The van der Waals surface area contributed by atoms with Gasteiger partial charge in [-0.2, -0.15) is 4.31 Å². The van der Waals surface area contributed by atoms with Crippen LogP contribution in [0.25, 0.3) is 0 Å². The Labute approximate surface area is 149 Å². The molecule has 2 heterocycles. The van der Waals surface area contributed by atoms with E-state index in [1.165, 1.54) is 22.0 Å². The molecule has 2 saturated heterocycles. The van der Waals surface area contributed by atoms with Crippen LogP contribution in [0.1, 0.15) is 12.8 Å². The molecule has 1 aromatic carbocycles. The Morgan fingerprint density at radius 1 is 1.08 bits per heavy atom. The molecular weight excluding hydrogens is 342 g/mol. The molecule has 0 bridgehead atoms. The minimum atomic E-state index is -3.52. The zero-order chi connectivity index (χ0) is 17.9. The van der Waals surface area contributed by atoms with Crippen LogP contribution in [-0.2, 0) is 14.8 Å². The Morgan fingerprint density at radius 2 is 1.68 bits per heavy atom. The summed E-state index contributed by atoms with van der Waals surface area (Å²) in [6, 6.07) is 6.40. The first-order valence-electron chi connectivity index (χ1n) is 8.76. The highest BCUT2D eigenvalue weighted by molar-refractivity contribution is 7.89. The molecule has 0 spiro atoms. The van der Waals surface area contributed by atoms with Crippen molar-refractivity contribution in [3.63, 3.8) is 0 Å². The van der Waals surface area contributed by atoms with Crippen LogP contribution in [0.5, 0.6) is 5.75 Å². The van der Waals surface area contributed by atoms with Gasteiger partial charge >= 0.3 is 0 Å². The molecule has 1 N–H and O–H groups in total. The molecule has 0 aromatic heterocycles. The zero-order valence-electron chi connectivity index (χ0n) is 14.6. The summed E-state index contributed by atoms with van der Waals surface area (Å²) in [4.78, 5) is 15.8. The fourth-order valence-corrected chi connectivity index (χ4v) is 4.87. The molecule has 2 aliphatic rings. The van der Waals surface area contributed by atoms with Crippen LogP contribution in [0, 0.1) is 0 Å². The molecule has 138 valence electrons. The first-order valence-corrected chi connectivity index (χ1v) is 10.2. The van der Waals surface area contributed by atoms with Crippen LogP contribution < -0.4 is 9.64 Å². The van der Waals surface area contributed by atoms with Crippen LogP contribution in [0.2, 0.25) is 0 Å². The van der Waals surface area contributed by atoms with Gasteiger partial charge in [0.15, 0.2) is 6.54 Å². The van der Waals surface area contributed by atoms with Crippen LogP contribution in [0.4, 0.5) is 0 Å². The van der Waals surface area contributed by atoms with Crippen molar-refractivity contribution in [3.8, 4) is 5.75 Å². The lowest BCUT2D eigenvalue weighted by Gasteiger charge is -2.34. The van der Waals surface area contributed by atoms with Crippen molar-refractivity contribution in [2.24, 2.45) is 0 Å². The molecule has 25 heavy (non-hydrogen) atoms. The lowest BCUT2D eigenvalue weighted by molar-refractivity contribution is -0.879. The third-order valence-electron chi connectivity index (χ3n) is 5.00. The monoisotopic (exact) mass is 368 g/mol. The van der Waals surface area contributed by atoms with E-state index in [0.29, 0.717) is 38.5 Å². The fourth-order valence-electron chi connectivity index (χ4n) is 3.45. The molecule has 0 saturated carbocycles. The van der Waals surface area contributed by atoms with Crippen molar-refractivity contribution < 1.29 is 22.8 Å². The van der Waals surface area contributed by atoms with Gasteiger partial charge in [0, 0.05) is 39.0 Å². The van der Waals surface area contributed by atoms with Crippen LogP contribution >= 0.6 is 0 Å². The third-order valence-corrected chi connectivity index (χ3v) is 6.91. The van der Waals surface area contributed by atoms with Crippen molar-refractivity contribution in [1.82, 2.24) is 9.21 Å². The number of piperazine rings is 1. The summed E-state index contributed by atoms with van der Waals surface area (Å²) < 4.78 is 32.0. The molecule has 0 atom stereocenters. The summed E-state index contributed by atoms with van der Waals surface area (Å²) in [5, 5.41) is 0. The highest BCUT2D eigenvalue weighted by Gasteiger charge is 2.31. The van der Waals surface area contributed by atoms with Crippen molar-refractivity contribution in [3.05, 3.63) is 24.3 Å². The van der Waals surface area contributed by atoms with Crippen LogP contribution in [0.15, 0.2) is 29.2 Å². The van der Waals surface area contributed by atoms with Gasteiger partial charge in [0.05, 0.1) is 25.1 Å². The molecule has 7 nitrogen and oxygen atoms in total.